The highest BCUT2D eigenvalue weighted by Gasteiger charge is 2.21. The Balaban J connectivity index is 2.05. The van der Waals surface area contributed by atoms with Gasteiger partial charge in [0.1, 0.15) is 23.0 Å². The SMILES string of the molecule is COc1cc(C)c(Nc2nc(C)nc3c2ccn3C(=O)OC(C)(C)C)c(C)c1. The lowest BCUT2D eigenvalue weighted by molar-refractivity contribution is 0.0543. The Kier molecular flexibility index (Phi) is 5.02. The van der Waals surface area contributed by atoms with Crippen molar-refractivity contribution in [2.24, 2.45) is 0 Å². The molecular formula is C21H26N4O3. The zero-order valence-electron chi connectivity index (χ0n) is 17.4. The molecule has 7 nitrogen and oxygen atoms in total. The Bertz CT molecular complexity index is 1020. The number of benzene rings is 1. The van der Waals surface area contributed by atoms with E-state index in [9.17, 15) is 4.79 Å². The second kappa shape index (κ2) is 7.14. The van der Waals surface area contributed by atoms with E-state index in [1.807, 2.05) is 52.8 Å². The highest BCUT2D eigenvalue weighted by molar-refractivity contribution is 5.95. The molecule has 1 aromatic carbocycles. The number of aryl methyl sites for hydroxylation is 3. The Labute approximate surface area is 164 Å². The second-order valence-corrected chi connectivity index (χ2v) is 7.78. The van der Waals surface area contributed by atoms with Crippen LogP contribution in [0.25, 0.3) is 11.0 Å². The predicted molar refractivity (Wildman–Crippen MR) is 110 cm³/mol. The number of nitrogens with zero attached hydrogens (tertiary/aromatic N) is 3. The monoisotopic (exact) mass is 382 g/mol. The van der Waals surface area contributed by atoms with Gasteiger partial charge in [0.2, 0.25) is 0 Å². The fourth-order valence-corrected chi connectivity index (χ4v) is 3.03. The molecule has 7 heteroatoms. The van der Waals surface area contributed by atoms with E-state index in [0.717, 1.165) is 28.0 Å². The molecule has 0 amide bonds. The quantitative estimate of drug-likeness (QED) is 0.695. The minimum Gasteiger partial charge on any atom is -0.497 e. The number of ether oxygens (including phenoxy) is 2. The Morgan fingerprint density at radius 3 is 2.32 bits per heavy atom. The molecule has 3 rings (SSSR count). The minimum absolute atomic E-state index is 0.469. The molecule has 1 N–H and O–H groups in total. The zero-order chi connectivity index (χ0) is 20.6. The molecule has 0 atom stereocenters. The summed E-state index contributed by atoms with van der Waals surface area (Å²) in [6, 6.07) is 5.74. The molecule has 0 bridgehead atoms. The first kappa shape index (κ1) is 19.7. The van der Waals surface area contributed by atoms with Crippen LogP contribution in [-0.2, 0) is 4.74 Å². The molecule has 2 aromatic heterocycles. The van der Waals surface area contributed by atoms with E-state index in [4.69, 9.17) is 9.47 Å². The molecule has 0 saturated carbocycles. The van der Waals surface area contributed by atoms with E-state index in [0.29, 0.717) is 17.3 Å². The number of carbonyl (C=O) groups is 1. The molecule has 0 radical (unpaired) electrons. The lowest BCUT2D eigenvalue weighted by Crippen LogP contribution is -2.27. The number of nitrogens with one attached hydrogen (secondary N) is 1. The first-order valence-corrected chi connectivity index (χ1v) is 9.10. The van der Waals surface area contributed by atoms with Crippen molar-refractivity contribution >= 4 is 28.6 Å². The van der Waals surface area contributed by atoms with Gasteiger partial charge in [0.15, 0.2) is 5.65 Å². The van der Waals surface area contributed by atoms with Crippen molar-refractivity contribution in [1.82, 2.24) is 14.5 Å². The van der Waals surface area contributed by atoms with Crippen LogP contribution in [0, 0.1) is 20.8 Å². The minimum atomic E-state index is -0.589. The van der Waals surface area contributed by atoms with Crippen molar-refractivity contribution < 1.29 is 14.3 Å². The molecule has 0 fully saturated rings. The smallest absolute Gasteiger partial charge is 0.420 e. The maximum Gasteiger partial charge on any atom is 0.420 e. The van der Waals surface area contributed by atoms with Gasteiger partial charge in [-0.05, 0) is 70.9 Å². The highest BCUT2D eigenvalue weighted by atomic mass is 16.6. The summed E-state index contributed by atoms with van der Waals surface area (Å²) in [5.74, 6) is 2.00. The fraction of sp³-hybridized carbons (Fsp3) is 0.381. The number of hydrogen-bond donors (Lipinski definition) is 1. The van der Waals surface area contributed by atoms with Gasteiger partial charge in [0.25, 0.3) is 0 Å². The standard InChI is InChI=1S/C21H26N4O3/c1-12-10-15(27-7)11-13(2)17(12)24-18-16-8-9-25(19(16)23-14(3)22-18)20(26)28-21(4,5)6/h8-11H,1-7H3,(H,22,23,24). The first-order valence-electron chi connectivity index (χ1n) is 9.10. The molecule has 28 heavy (non-hydrogen) atoms. The van der Waals surface area contributed by atoms with Crippen LogP contribution >= 0.6 is 0 Å². The van der Waals surface area contributed by atoms with Crippen LogP contribution in [-0.4, -0.2) is 33.3 Å². The van der Waals surface area contributed by atoms with Crippen LogP contribution in [0.2, 0.25) is 0 Å². The Morgan fingerprint density at radius 2 is 1.75 bits per heavy atom. The van der Waals surface area contributed by atoms with Crippen molar-refractivity contribution in [2.45, 2.75) is 47.1 Å². The third-order valence-corrected chi connectivity index (χ3v) is 4.23. The number of fused-ring (bicyclic) bond motifs is 1. The van der Waals surface area contributed by atoms with Gasteiger partial charge in [0.05, 0.1) is 12.5 Å². The number of hydrogen-bond acceptors (Lipinski definition) is 6. The average Bonchev–Trinajstić information content (AvgIpc) is 3.00. The maximum atomic E-state index is 12.5. The van der Waals surface area contributed by atoms with E-state index < -0.39 is 11.7 Å². The first-order chi connectivity index (χ1) is 13.1. The van der Waals surface area contributed by atoms with Gasteiger partial charge in [-0.2, -0.15) is 0 Å². The van der Waals surface area contributed by atoms with Crippen LogP contribution in [0.3, 0.4) is 0 Å². The zero-order valence-corrected chi connectivity index (χ0v) is 17.4. The summed E-state index contributed by atoms with van der Waals surface area (Å²) in [5, 5.41) is 4.15. The maximum absolute atomic E-state index is 12.5. The lowest BCUT2D eigenvalue weighted by atomic mass is 10.1. The van der Waals surface area contributed by atoms with Crippen LogP contribution in [0.15, 0.2) is 24.4 Å². The molecule has 148 valence electrons. The third-order valence-electron chi connectivity index (χ3n) is 4.23. The molecule has 0 aliphatic carbocycles. The van der Waals surface area contributed by atoms with Crippen molar-refractivity contribution in [3.05, 3.63) is 41.3 Å². The van der Waals surface area contributed by atoms with Crippen LogP contribution in [0.1, 0.15) is 37.7 Å². The summed E-state index contributed by atoms with van der Waals surface area (Å²) in [6.07, 6.45) is 1.19. The van der Waals surface area contributed by atoms with Gasteiger partial charge >= 0.3 is 6.09 Å². The van der Waals surface area contributed by atoms with E-state index in [1.165, 1.54) is 4.57 Å². The largest absolute Gasteiger partial charge is 0.497 e. The van der Waals surface area contributed by atoms with Crippen LogP contribution < -0.4 is 10.1 Å². The molecule has 0 spiro atoms. The van der Waals surface area contributed by atoms with Gasteiger partial charge < -0.3 is 14.8 Å². The number of carbonyl (C=O) groups excluding carboxylic acids is 1. The van der Waals surface area contributed by atoms with Crippen LogP contribution in [0.5, 0.6) is 5.75 Å². The molecule has 2 heterocycles. The summed E-state index contributed by atoms with van der Waals surface area (Å²) in [6.45, 7) is 11.3. The fourth-order valence-electron chi connectivity index (χ4n) is 3.03. The van der Waals surface area contributed by atoms with Crippen molar-refractivity contribution in [3.63, 3.8) is 0 Å². The van der Waals surface area contributed by atoms with E-state index in [1.54, 1.807) is 20.2 Å². The number of anilines is 2. The molecular weight excluding hydrogens is 356 g/mol. The highest BCUT2D eigenvalue weighted by Crippen LogP contribution is 2.31. The van der Waals surface area contributed by atoms with Crippen LogP contribution in [0.4, 0.5) is 16.3 Å². The van der Waals surface area contributed by atoms with E-state index in [2.05, 4.69) is 15.3 Å². The third kappa shape index (κ3) is 3.93. The predicted octanol–water partition coefficient (Wildman–Crippen LogP) is 4.89. The lowest BCUT2D eigenvalue weighted by Gasteiger charge is -2.19. The number of aromatic nitrogens is 3. The van der Waals surface area contributed by atoms with Gasteiger partial charge in [-0.3, -0.25) is 0 Å². The average molecular weight is 382 g/mol. The summed E-state index contributed by atoms with van der Waals surface area (Å²) in [7, 11) is 1.65. The summed E-state index contributed by atoms with van der Waals surface area (Å²) < 4.78 is 12.2. The molecule has 0 unspecified atom stereocenters. The van der Waals surface area contributed by atoms with Crippen molar-refractivity contribution in [1.29, 1.82) is 0 Å². The van der Waals surface area contributed by atoms with Crippen molar-refractivity contribution in [2.75, 3.05) is 12.4 Å². The molecule has 0 saturated heterocycles. The topological polar surface area (TPSA) is 78.3 Å². The second-order valence-electron chi connectivity index (χ2n) is 7.78. The Hall–Kier alpha value is -3.09. The molecule has 3 aromatic rings. The molecule has 0 aliphatic heterocycles. The van der Waals surface area contributed by atoms with Gasteiger partial charge in [-0.15, -0.1) is 0 Å². The summed E-state index contributed by atoms with van der Waals surface area (Å²) in [5.41, 5.74) is 2.94. The van der Waals surface area contributed by atoms with Crippen molar-refractivity contribution in [3.8, 4) is 5.75 Å². The molecule has 0 aliphatic rings. The normalized spacial score (nSPS) is 11.5. The number of methoxy groups -OCH3 is 1. The van der Waals surface area contributed by atoms with Gasteiger partial charge in [0, 0.05) is 11.9 Å². The summed E-state index contributed by atoms with van der Waals surface area (Å²) >= 11 is 0. The Morgan fingerprint density at radius 1 is 1.11 bits per heavy atom. The summed E-state index contributed by atoms with van der Waals surface area (Å²) in [4.78, 5) is 21.5. The van der Waals surface area contributed by atoms with Gasteiger partial charge in [-0.1, -0.05) is 0 Å². The van der Waals surface area contributed by atoms with Gasteiger partial charge in [-0.25, -0.2) is 19.3 Å². The van der Waals surface area contributed by atoms with E-state index >= 15 is 0 Å². The van der Waals surface area contributed by atoms with E-state index in [-0.39, 0.29) is 0 Å². The number of rotatable bonds is 3.